The fourth-order valence-corrected chi connectivity index (χ4v) is 3.63. The van der Waals surface area contributed by atoms with E-state index in [1.165, 1.54) is 12.8 Å². The van der Waals surface area contributed by atoms with Crippen molar-refractivity contribution in [1.82, 2.24) is 10.2 Å². The number of hydrogen-bond donors (Lipinski definition) is 1. The molecule has 0 aliphatic carbocycles. The van der Waals surface area contributed by atoms with Gasteiger partial charge in [0.1, 0.15) is 5.75 Å². The van der Waals surface area contributed by atoms with E-state index in [1.807, 2.05) is 61.5 Å². The Bertz CT molecular complexity index is 752. The molecule has 3 rings (SSSR count). The Hall–Kier alpha value is -2.53. The van der Waals surface area contributed by atoms with E-state index in [1.54, 1.807) is 7.11 Å². The van der Waals surface area contributed by atoms with Crippen LogP contribution in [0.25, 0.3) is 0 Å². The highest BCUT2D eigenvalue weighted by molar-refractivity contribution is 5.94. The number of methoxy groups -OCH3 is 1. The van der Waals surface area contributed by atoms with Crippen LogP contribution in [0.3, 0.4) is 0 Å². The molecule has 0 unspecified atom stereocenters. The Balaban J connectivity index is 1.73. The van der Waals surface area contributed by atoms with Crippen LogP contribution in [0.2, 0.25) is 0 Å². The highest BCUT2D eigenvalue weighted by Gasteiger charge is 2.26. The first-order chi connectivity index (χ1) is 13.1. The Morgan fingerprint density at radius 2 is 1.78 bits per heavy atom. The van der Waals surface area contributed by atoms with Gasteiger partial charge in [0.2, 0.25) is 0 Å². The maximum Gasteiger partial charge on any atom is 0.251 e. The van der Waals surface area contributed by atoms with Gasteiger partial charge in [0.05, 0.1) is 13.2 Å². The molecule has 0 radical (unpaired) electrons. The van der Waals surface area contributed by atoms with Crippen LogP contribution in [0, 0.1) is 0 Å². The number of carbonyl (C=O) groups is 1. The Morgan fingerprint density at radius 3 is 2.41 bits per heavy atom. The third-order valence-electron chi connectivity index (χ3n) is 5.18. The summed E-state index contributed by atoms with van der Waals surface area (Å²) < 4.78 is 5.57. The minimum Gasteiger partial charge on any atom is -0.496 e. The average Bonchev–Trinajstić information content (AvgIpc) is 3.23. The molecule has 5 heteroatoms. The van der Waals surface area contributed by atoms with Crippen LogP contribution in [0.4, 0.5) is 5.69 Å². The lowest BCUT2D eigenvalue weighted by Crippen LogP contribution is -2.37. The molecule has 27 heavy (non-hydrogen) atoms. The molecule has 2 aromatic rings. The summed E-state index contributed by atoms with van der Waals surface area (Å²) in [6, 6.07) is 15.9. The van der Waals surface area contributed by atoms with E-state index in [-0.39, 0.29) is 11.9 Å². The molecule has 1 saturated heterocycles. The second kappa shape index (κ2) is 8.91. The highest BCUT2D eigenvalue weighted by atomic mass is 16.5. The first kappa shape index (κ1) is 19.2. The highest BCUT2D eigenvalue weighted by Crippen LogP contribution is 2.31. The van der Waals surface area contributed by atoms with E-state index in [0.717, 1.165) is 30.1 Å². The van der Waals surface area contributed by atoms with E-state index in [9.17, 15) is 4.79 Å². The van der Waals surface area contributed by atoms with Gasteiger partial charge in [-0.2, -0.15) is 0 Å². The Labute approximate surface area is 161 Å². The SMILES string of the molecule is COc1ccccc1[C@@H](CNC(=O)c1ccc(N(C)C)cc1)N1CCCC1. The second-order valence-electron chi connectivity index (χ2n) is 7.15. The largest absolute Gasteiger partial charge is 0.496 e. The van der Waals surface area contributed by atoms with Gasteiger partial charge >= 0.3 is 0 Å². The average molecular weight is 367 g/mol. The number of benzene rings is 2. The maximum absolute atomic E-state index is 12.7. The lowest BCUT2D eigenvalue weighted by atomic mass is 10.0. The monoisotopic (exact) mass is 367 g/mol. The van der Waals surface area contributed by atoms with Gasteiger partial charge in [0, 0.05) is 37.5 Å². The molecule has 1 atom stereocenters. The summed E-state index contributed by atoms with van der Waals surface area (Å²) in [4.78, 5) is 17.1. The zero-order valence-corrected chi connectivity index (χ0v) is 16.4. The molecular weight excluding hydrogens is 338 g/mol. The first-order valence-electron chi connectivity index (χ1n) is 9.52. The fourth-order valence-electron chi connectivity index (χ4n) is 3.63. The van der Waals surface area contributed by atoms with Crippen molar-refractivity contribution in [2.75, 3.05) is 45.7 Å². The third-order valence-corrected chi connectivity index (χ3v) is 5.18. The number of anilines is 1. The Kier molecular flexibility index (Phi) is 6.35. The van der Waals surface area contributed by atoms with Crippen molar-refractivity contribution in [3.63, 3.8) is 0 Å². The van der Waals surface area contributed by atoms with Crippen molar-refractivity contribution in [2.24, 2.45) is 0 Å². The van der Waals surface area contributed by atoms with Gasteiger partial charge in [-0.3, -0.25) is 9.69 Å². The number of ether oxygens (including phenoxy) is 1. The van der Waals surface area contributed by atoms with E-state index in [2.05, 4.69) is 16.3 Å². The van der Waals surface area contributed by atoms with Gasteiger partial charge in [0.15, 0.2) is 0 Å². The predicted molar refractivity (Wildman–Crippen MR) is 110 cm³/mol. The molecule has 0 spiro atoms. The van der Waals surface area contributed by atoms with Crippen LogP contribution in [0.1, 0.15) is 34.8 Å². The molecule has 0 saturated carbocycles. The number of hydrogen-bond acceptors (Lipinski definition) is 4. The summed E-state index contributed by atoms with van der Waals surface area (Å²) in [5.74, 6) is 0.832. The quantitative estimate of drug-likeness (QED) is 0.815. The fraction of sp³-hybridized carbons (Fsp3) is 0.409. The molecule has 144 valence electrons. The van der Waals surface area contributed by atoms with Gasteiger partial charge < -0.3 is 15.0 Å². The summed E-state index contributed by atoms with van der Waals surface area (Å²) in [6.07, 6.45) is 2.40. The third kappa shape index (κ3) is 4.61. The maximum atomic E-state index is 12.7. The second-order valence-corrected chi connectivity index (χ2v) is 7.15. The van der Waals surface area contributed by atoms with Crippen LogP contribution >= 0.6 is 0 Å². The van der Waals surface area contributed by atoms with E-state index in [4.69, 9.17) is 4.74 Å². The van der Waals surface area contributed by atoms with Crippen LogP contribution in [-0.4, -0.2) is 51.6 Å². The van der Waals surface area contributed by atoms with Gasteiger partial charge in [-0.05, 0) is 56.3 Å². The molecular formula is C22H29N3O2. The van der Waals surface area contributed by atoms with Gasteiger partial charge in [-0.15, -0.1) is 0 Å². The summed E-state index contributed by atoms with van der Waals surface area (Å²) in [7, 11) is 5.68. The number of likely N-dealkylation sites (tertiary alicyclic amines) is 1. The predicted octanol–water partition coefficient (Wildman–Crippen LogP) is 3.33. The van der Waals surface area contributed by atoms with E-state index in [0.29, 0.717) is 12.1 Å². The van der Waals surface area contributed by atoms with Crippen LogP contribution in [0.15, 0.2) is 48.5 Å². The van der Waals surface area contributed by atoms with Crippen molar-refractivity contribution < 1.29 is 9.53 Å². The molecule has 0 aromatic heterocycles. The number of carbonyl (C=O) groups excluding carboxylic acids is 1. The number of rotatable bonds is 7. The number of para-hydroxylation sites is 1. The number of amides is 1. The zero-order chi connectivity index (χ0) is 19.2. The molecule has 1 N–H and O–H groups in total. The van der Waals surface area contributed by atoms with Crippen molar-refractivity contribution in [3.05, 3.63) is 59.7 Å². The van der Waals surface area contributed by atoms with Gasteiger partial charge in [-0.25, -0.2) is 0 Å². The molecule has 1 amide bonds. The van der Waals surface area contributed by atoms with Gasteiger partial charge in [0.25, 0.3) is 5.91 Å². The molecule has 1 fully saturated rings. The van der Waals surface area contributed by atoms with Crippen molar-refractivity contribution in [1.29, 1.82) is 0 Å². The molecule has 1 heterocycles. The normalized spacial score (nSPS) is 15.4. The topological polar surface area (TPSA) is 44.8 Å². The summed E-state index contributed by atoms with van der Waals surface area (Å²) in [5, 5.41) is 3.12. The zero-order valence-electron chi connectivity index (χ0n) is 16.4. The minimum atomic E-state index is -0.0422. The summed E-state index contributed by atoms with van der Waals surface area (Å²) in [6.45, 7) is 2.67. The number of nitrogens with zero attached hydrogens (tertiary/aromatic N) is 2. The molecule has 0 bridgehead atoms. The smallest absolute Gasteiger partial charge is 0.251 e. The Morgan fingerprint density at radius 1 is 1.11 bits per heavy atom. The lowest BCUT2D eigenvalue weighted by Gasteiger charge is -2.29. The minimum absolute atomic E-state index is 0.0422. The van der Waals surface area contributed by atoms with Crippen LogP contribution in [0.5, 0.6) is 5.75 Å². The van der Waals surface area contributed by atoms with Crippen molar-refractivity contribution >= 4 is 11.6 Å². The first-order valence-corrected chi connectivity index (χ1v) is 9.52. The van der Waals surface area contributed by atoms with E-state index < -0.39 is 0 Å². The molecule has 5 nitrogen and oxygen atoms in total. The molecule has 1 aliphatic rings. The number of nitrogens with one attached hydrogen (secondary N) is 1. The molecule has 1 aliphatic heterocycles. The summed E-state index contributed by atoms with van der Waals surface area (Å²) >= 11 is 0. The van der Waals surface area contributed by atoms with Crippen molar-refractivity contribution in [3.8, 4) is 5.75 Å². The van der Waals surface area contributed by atoms with Crippen LogP contribution in [-0.2, 0) is 0 Å². The summed E-state index contributed by atoms with van der Waals surface area (Å²) in [5.41, 5.74) is 2.89. The van der Waals surface area contributed by atoms with Crippen LogP contribution < -0.4 is 15.0 Å². The standard InChI is InChI=1S/C22H29N3O2/c1-24(2)18-12-10-17(11-13-18)22(26)23-16-20(25-14-6-7-15-25)19-8-4-5-9-21(19)27-3/h4-5,8-13,20H,6-7,14-16H2,1-3H3,(H,23,26)/t20-/m1/s1. The molecule has 2 aromatic carbocycles. The van der Waals surface area contributed by atoms with E-state index >= 15 is 0 Å². The lowest BCUT2D eigenvalue weighted by molar-refractivity contribution is 0.0937. The van der Waals surface area contributed by atoms with Gasteiger partial charge in [-0.1, -0.05) is 18.2 Å². The van der Waals surface area contributed by atoms with Crippen molar-refractivity contribution in [2.45, 2.75) is 18.9 Å².